The van der Waals surface area contributed by atoms with E-state index in [1.165, 1.54) is 0 Å². The molecule has 1 unspecified atom stereocenters. The van der Waals surface area contributed by atoms with Crippen LogP contribution in [0.15, 0.2) is 18.2 Å². The Kier molecular flexibility index (Phi) is 6.08. The predicted molar refractivity (Wildman–Crippen MR) is 79.2 cm³/mol. The molecule has 5 heteroatoms. The van der Waals surface area contributed by atoms with Crippen LogP contribution in [0.4, 0.5) is 8.78 Å². The zero-order valence-electron chi connectivity index (χ0n) is 12.7. The van der Waals surface area contributed by atoms with Gasteiger partial charge in [-0.25, -0.2) is 8.78 Å². The first-order valence-electron chi connectivity index (χ1n) is 7.48. The van der Waals surface area contributed by atoms with Crippen LogP contribution in [0.2, 0.25) is 0 Å². The number of halogens is 2. The molecule has 2 rings (SSSR count). The maximum atomic E-state index is 13.9. The molecule has 1 fully saturated rings. The van der Waals surface area contributed by atoms with Crippen LogP contribution < -0.4 is 5.32 Å². The number of nitrogens with zero attached hydrogens (tertiary/aromatic N) is 1. The van der Waals surface area contributed by atoms with Gasteiger partial charge in [0.2, 0.25) is 0 Å². The van der Waals surface area contributed by atoms with Crippen molar-refractivity contribution in [1.29, 1.82) is 0 Å². The molecule has 1 heterocycles. The monoisotopic (exact) mass is 298 g/mol. The van der Waals surface area contributed by atoms with Crippen molar-refractivity contribution in [3.8, 4) is 0 Å². The summed E-state index contributed by atoms with van der Waals surface area (Å²) in [5, 5.41) is 3.10. The Bertz CT molecular complexity index is 448. The third-order valence-electron chi connectivity index (χ3n) is 4.26. The van der Waals surface area contributed by atoms with Crippen LogP contribution in [0.25, 0.3) is 0 Å². The number of methoxy groups -OCH3 is 1. The van der Waals surface area contributed by atoms with E-state index < -0.39 is 11.6 Å². The lowest BCUT2D eigenvalue weighted by Crippen LogP contribution is -2.40. The zero-order valence-corrected chi connectivity index (χ0v) is 12.7. The number of likely N-dealkylation sites (N-methyl/N-ethyl adjacent to an activating group) is 1. The van der Waals surface area contributed by atoms with Crippen molar-refractivity contribution in [2.24, 2.45) is 5.92 Å². The van der Waals surface area contributed by atoms with E-state index >= 15 is 0 Å². The predicted octanol–water partition coefficient (Wildman–Crippen LogP) is 2.58. The second-order valence-corrected chi connectivity index (χ2v) is 5.68. The van der Waals surface area contributed by atoms with Gasteiger partial charge in [0.15, 0.2) is 11.6 Å². The van der Waals surface area contributed by atoms with Crippen molar-refractivity contribution in [2.75, 3.05) is 40.4 Å². The first-order valence-corrected chi connectivity index (χ1v) is 7.48. The van der Waals surface area contributed by atoms with Gasteiger partial charge in [-0.3, -0.25) is 0 Å². The minimum atomic E-state index is -0.786. The summed E-state index contributed by atoms with van der Waals surface area (Å²) >= 11 is 0. The molecule has 0 radical (unpaired) electrons. The van der Waals surface area contributed by atoms with Crippen molar-refractivity contribution in [2.45, 2.75) is 18.9 Å². The number of hydrogen-bond acceptors (Lipinski definition) is 3. The quantitative estimate of drug-likeness (QED) is 0.873. The third-order valence-corrected chi connectivity index (χ3v) is 4.26. The molecular formula is C16H24F2N2O. The minimum Gasteiger partial charge on any atom is -0.384 e. The maximum absolute atomic E-state index is 13.9. The Balaban J connectivity index is 1.96. The molecule has 1 N–H and O–H groups in total. The Hall–Kier alpha value is -1.04. The van der Waals surface area contributed by atoms with Crippen molar-refractivity contribution >= 4 is 0 Å². The lowest BCUT2D eigenvalue weighted by atomic mass is 9.96. The van der Waals surface area contributed by atoms with E-state index in [2.05, 4.69) is 10.2 Å². The lowest BCUT2D eigenvalue weighted by molar-refractivity contribution is 0.0954. The van der Waals surface area contributed by atoms with Crippen LogP contribution in [0.5, 0.6) is 0 Å². The SMILES string of the molecule is CNC(CN1CCC(COC)CC1)c1cccc(F)c1F. The maximum Gasteiger partial charge on any atom is 0.163 e. The summed E-state index contributed by atoms with van der Waals surface area (Å²) in [6, 6.07) is 4.17. The Labute approximate surface area is 125 Å². The smallest absolute Gasteiger partial charge is 0.163 e. The Morgan fingerprint density at radius 2 is 2.05 bits per heavy atom. The van der Waals surface area contributed by atoms with Gasteiger partial charge in [-0.05, 0) is 45.0 Å². The molecule has 1 aromatic rings. The van der Waals surface area contributed by atoms with E-state index in [1.807, 2.05) is 0 Å². The van der Waals surface area contributed by atoms with E-state index in [0.717, 1.165) is 38.6 Å². The molecule has 1 saturated heterocycles. The highest BCUT2D eigenvalue weighted by atomic mass is 19.2. The van der Waals surface area contributed by atoms with Gasteiger partial charge in [-0.2, -0.15) is 0 Å². The fraction of sp³-hybridized carbons (Fsp3) is 0.625. The molecule has 1 aromatic carbocycles. The van der Waals surface area contributed by atoms with E-state index in [4.69, 9.17) is 4.74 Å². The van der Waals surface area contributed by atoms with Crippen molar-refractivity contribution in [3.63, 3.8) is 0 Å². The van der Waals surface area contributed by atoms with E-state index in [1.54, 1.807) is 26.3 Å². The van der Waals surface area contributed by atoms with Gasteiger partial charge in [0.1, 0.15) is 0 Å². The van der Waals surface area contributed by atoms with Gasteiger partial charge in [0.05, 0.1) is 0 Å². The fourth-order valence-electron chi connectivity index (χ4n) is 2.96. The first-order chi connectivity index (χ1) is 10.2. The van der Waals surface area contributed by atoms with Crippen molar-refractivity contribution in [1.82, 2.24) is 10.2 Å². The highest BCUT2D eigenvalue weighted by Gasteiger charge is 2.23. The van der Waals surface area contributed by atoms with Gasteiger partial charge >= 0.3 is 0 Å². The van der Waals surface area contributed by atoms with Crippen LogP contribution in [0.1, 0.15) is 24.4 Å². The summed E-state index contributed by atoms with van der Waals surface area (Å²) in [6.07, 6.45) is 2.19. The van der Waals surface area contributed by atoms with Crippen LogP contribution in [0, 0.1) is 17.6 Å². The summed E-state index contributed by atoms with van der Waals surface area (Å²) in [4.78, 5) is 2.30. The first kappa shape index (κ1) is 16.3. The Morgan fingerprint density at radius 3 is 2.67 bits per heavy atom. The molecule has 0 spiro atoms. The van der Waals surface area contributed by atoms with Crippen LogP contribution in [-0.2, 0) is 4.74 Å². The molecule has 0 saturated carbocycles. The van der Waals surface area contributed by atoms with E-state index in [-0.39, 0.29) is 6.04 Å². The molecule has 118 valence electrons. The molecule has 0 amide bonds. The molecule has 0 aromatic heterocycles. The van der Waals surface area contributed by atoms with Gasteiger partial charge in [0.25, 0.3) is 0 Å². The number of likely N-dealkylation sites (tertiary alicyclic amines) is 1. The molecule has 0 bridgehead atoms. The molecule has 1 aliphatic heterocycles. The van der Waals surface area contributed by atoms with Crippen LogP contribution >= 0.6 is 0 Å². The molecule has 1 aliphatic rings. The number of rotatable bonds is 6. The van der Waals surface area contributed by atoms with E-state index in [9.17, 15) is 8.78 Å². The number of nitrogens with one attached hydrogen (secondary N) is 1. The highest BCUT2D eigenvalue weighted by molar-refractivity contribution is 5.23. The average Bonchev–Trinajstić information content (AvgIpc) is 2.50. The van der Waals surface area contributed by atoms with Crippen molar-refractivity contribution in [3.05, 3.63) is 35.4 Å². The zero-order chi connectivity index (χ0) is 15.2. The largest absolute Gasteiger partial charge is 0.384 e. The minimum absolute atomic E-state index is 0.195. The summed E-state index contributed by atoms with van der Waals surface area (Å²) in [6.45, 7) is 3.45. The molecule has 21 heavy (non-hydrogen) atoms. The number of ether oxygens (including phenoxy) is 1. The summed E-state index contributed by atoms with van der Waals surface area (Å²) in [7, 11) is 3.52. The van der Waals surface area contributed by atoms with Crippen LogP contribution in [0.3, 0.4) is 0 Å². The second kappa shape index (κ2) is 7.82. The topological polar surface area (TPSA) is 24.5 Å². The highest BCUT2D eigenvalue weighted by Crippen LogP contribution is 2.23. The van der Waals surface area contributed by atoms with Crippen LogP contribution in [-0.4, -0.2) is 45.3 Å². The Morgan fingerprint density at radius 1 is 1.33 bits per heavy atom. The second-order valence-electron chi connectivity index (χ2n) is 5.68. The van der Waals surface area contributed by atoms with Gasteiger partial charge < -0.3 is 15.0 Å². The standard InChI is InChI=1S/C16H24F2N2O/c1-19-15(13-4-3-5-14(17)16(13)18)10-20-8-6-12(7-9-20)11-21-2/h3-5,12,15,19H,6-11H2,1-2H3. The molecule has 1 atom stereocenters. The van der Waals surface area contributed by atoms with Gasteiger partial charge in [-0.1, -0.05) is 12.1 Å². The van der Waals surface area contributed by atoms with Gasteiger partial charge in [0, 0.05) is 31.9 Å². The molecular weight excluding hydrogens is 274 g/mol. The average molecular weight is 298 g/mol. The summed E-state index contributed by atoms with van der Waals surface area (Å²) in [5.41, 5.74) is 0.400. The van der Waals surface area contributed by atoms with E-state index in [0.29, 0.717) is 18.0 Å². The number of piperidine rings is 1. The number of hydrogen-bond donors (Lipinski definition) is 1. The number of benzene rings is 1. The summed E-state index contributed by atoms with van der Waals surface area (Å²) in [5.74, 6) is -0.914. The molecule has 3 nitrogen and oxygen atoms in total. The van der Waals surface area contributed by atoms with Crippen molar-refractivity contribution < 1.29 is 13.5 Å². The lowest BCUT2D eigenvalue weighted by Gasteiger charge is -2.34. The normalized spacial score (nSPS) is 18.9. The molecule has 0 aliphatic carbocycles. The summed E-state index contributed by atoms with van der Waals surface area (Å²) < 4.78 is 32.5. The van der Waals surface area contributed by atoms with Gasteiger partial charge in [-0.15, -0.1) is 0 Å². The third kappa shape index (κ3) is 4.22. The fourth-order valence-corrected chi connectivity index (χ4v) is 2.96.